The third kappa shape index (κ3) is 10.5. The third-order valence-corrected chi connectivity index (χ3v) is 13.0. The number of amides is 4. The number of fused-ring (bicyclic) bond motifs is 1. The number of carbonyl (C=O) groups excluding carboxylic acids is 5. The SMILES string of the molecule is CC(CNC(=O)OC(C)(C)C)ON=C(C(=O)NC1C(=O)N2CC(CSc3nncs3)(C(=O)OC(c3ccccc3)c3ccccc3)CS[C@H]12)c1csc(NC=O)n1. The molecule has 2 aliphatic heterocycles. The summed E-state index contributed by atoms with van der Waals surface area (Å²) < 4.78 is 12.3. The number of thiazole rings is 1. The van der Waals surface area contributed by atoms with Gasteiger partial charge in [0.1, 0.15) is 39.7 Å². The lowest BCUT2D eigenvalue weighted by atomic mass is 9.88. The molecule has 2 aromatic carbocycles. The number of nitrogens with one attached hydrogen (secondary N) is 3. The van der Waals surface area contributed by atoms with Crippen LogP contribution in [0, 0.1) is 5.41 Å². The average molecular weight is 853 g/mol. The van der Waals surface area contributed by atoms with Crippen LogP contribution in [-0.2, 0) is 33.5 Å². The highest BCUT2D eigenvalue weighted by molar-refractivity contribution is 8.01. The smallest absolute Gasteiger partial charge is 0.407 e. The van der Waals surface area contributed by atoms with Crippen molar-refractivity contribution < 1.29 is 38.3 Å². The average Bonchev–Trinajstić information content (AvgIpc) is 3.90. The summed E-state index contributed by atoms with van der Waals surface area (Å²) in [5.41, 5.74) is 1.24. The Bertz CT molecular complexity index is 2030. The van der Waals surface area contributed by atoms with E-state index < -0.39 is 58.5 Å². The summed E-state index contributed by atoms with van der Waals surface area (Å²) in [5, 5.41) is 21.2. The Balaban J connectivity index is 1.17. The van der Waals surface area contributed by atoms with Gasteiger partial charge in [-0.25, -0.2) is 9.78 Å². The fraction of sp³-hybridized carbons (Fsp3) is 0.378. The van der Waals surface area contributed by atoms with Crippen molar-refractivity contribution in [2.24, 2.45) is 10.6 Å². The van der Waals surface area contributed by atoms with Crippen molar-refractivity contribution in [3.8, 4) is 0 Å². The Morgan fingerprint density at radius 3 is 2.42 bits per heavy atom. The predicted molar refractivity (Wildman–Crippen MR) is 217 cm³/mol. The molecule has 0 spiro atoms. The zero-order valence-corrected chi connectivity index (χ0v) is 34.5. The van der Waals surface area contributed by atoms with Gasteiger partial charge < -0.3 is 35.2 Å². The molecule has 2 fully saturated rings. The number of anilines is 1. The first-order valence-electron chi connectivity index (χ1n) is 17.7. The number of nitrogens with zero attached hydrogens (tertiary/aromatic N) is 5. The normalized spacial score (nSPS) is 19.8. The Labute approximate surface area is 344 Å². The van der Waals surface area contributed by atoms with Crippen LogP contribution in [0.25, 0.3) is 0 Å². The second kappa shape index (κ2) is 18.5. The van der Waals surface area contributed by atoms with E-state index >= 15 is 0 Å². The minimum Gasteiger partial charge on any atom is -0.452 e. The summed E-state index contributed by atoms with van der Waals surface area (Å²) in [6.07, 6.45) is -1.58. The highest BCUT2D eigenvalue weighted by atomic mass is 32.2. The highest BCUT2D eigenvalue weighted by Gasteiger charge is 2.58. The molecule has 3 N–H and O–H groups in total. The molecule has 16 nitrogen and oxygen atoms in total. The first-order chi connectivity index (χ1) is 27.4. The van der Waals surface area contributed by atoms with E-state index in [4.69, 9.17) is 14.3 Å². The second-order valence-electron chi connectivity index (χ2n) is 14.0. The number of carbonyl (C=O) groups is 5. The molecule has 0 aliphatic carbocycles. The number of rotatable bonds is 16. The maximum absolute atomic E-state index is 14.5. The van der Waals surface area contributed by atoms with E-state index in [0.29, 0.717) is 10.7 Å². The summed E-state index contributed by atoms with van der Waals surface area (Å²) in [6, 6.07) is 18.0. The van der Waals surface area contributed by atoms with Gasteiger partial charge in [-0.15, -0.1) is 33.3 Å². The second-order valence-corrected chi connectivity index (χ2v) is 18.1. The molecule has 4 heterocycles. The first kappa shape index (κ1) is 41.6. The van der Waals surface area contributed by atoms with Crippen LogP contribution in [0.2, 0.25) is 0 Å². The van der Waals surface area contributed by atoms with Crippen molar-refractivity contribution in [1.82, 2.24) is 30.7 Å². The van der Waals surface area contributed by atoms with Crippen LogP contribution in [0.1, 0.15) is 50.6 Å². The number of alkyl carbamates (subject to hydrolysis) is 1. The summed E-state index contributed by atoms with van der Waals surface area (Å²) >= 11 is 5.15. The fourth-order valence-corrected chi connectivity index (χ4v) is 9.77. The van der Waals surface area contributed by atoms with E-state index in [1.54, 1.807) is 38.1 Å². The molecular formula is C37H40N8O8S4. The minimum absolute atomic E-state index is 0.0100. The number of β-lactam (4-membered cyclic amide) rings is 1. The zero-order valence-electron chi connectivity index (χ0n) is 31.3. The van der Waals surface area contributed by atoms with E-state index in [0.717, 1.165) is 22.5 Å². The fourth-order valence-electron chi connectivity index (χ4n) is 5.77. The first-order valence-corrected chi connectivity index (χ1v) is 21.4. The van der Waals surface area contributed by atoms with Crippen LogP contribution in [0.3, 0.4) is 0 Å². The van der Waals surface area contributed by atoms with Gasteiger partial charge in [-0.3, -0.25) is 19.2 Å². The topological polar surface area (TPSA) is 203 Å². The zero-order chi connectivity index (χ0) is 40.6. The van der Waals surface area contributed by atoms with E-state index in [2.05, 4.69) is 36.3 Å². The van der Waals surface area contributed by atoms with Crippen LogP contribution < -0.4 is 16.0 Å². The van der Waals surface area contributed by atoms with Gasteiger partial charge in [0, 0.05) is 23.4 Å². The Morgan fingerprint density at radius 1 is 1.09 bits per heavy atom. The van der Waals surface area contributed by atoms with E-state index in [-0.39, 0.29) is 41.1 Å². The van der Waals surface area contributed by atoms with E-state index in [1.165, 1.54) is 40.2 Å². The number of benzene rings is 2. The van der Waals surface area contributed by atoms with Gasteiger partial charge in [0.05, 0.1) is 6.54 Å². The lowest BCUT2D eigenvalue weighted by Gasteiger charge is -2.54. The number of hydrogen-bond acceptors (Lipinski definition) is 16. The molecule has 6 rings (SSSR count). The molecular weight excluding hydrogens is 813 g/mol. The maximum atomic E-state index is 14.5. The number of aromatic nitrogens is 3. The molecule has 57 heavy (non-hydrogen) atoms. The number of esters is 1. The molecule has 2 aromatic heterocycles. The Morgan fingerprint density at radius 2 is 1.79 bits per heavy atom. The lowest BCUT2D eigenvalue weighted by molar-refractivity contribution is -0.164. The predicted octanol–water partition coefficient (Wildman–Crippen LogP) is 4.71. The van der Waals surface area contributed by atoms with Crippen molar-refractivity contribution in [2.75, 3.05) is 29.9 Å². The molecule has 0 bridgehead atoms. The number of hydrogen-bond donors (Lipinski definition) is 3. The van der Waals surface area contributed by atoms with Crippen LogP contribution in [0.5, 0.6) is 0 Å². The molecule has 20 heteroatoms. The van der Waals surface area contributed by atoms with Gasteiger partial charge in [0.2, 0.25) is 12.3 Å². The quantitative estimate of drug-likeness (QED) is 0.0350. The lowest BCUT2D eigenvalue weighted by Crippen LogP contribution is -2.74. The van der Waals surface area contributed by atoms with Crippen molar-refractivity contribution in [3.63, 3.8) is 0 Å². The van der Waals surface area contributed by atoms with Crippen LogP contribution in [-0.4, -0.2) is 104 Å². The summed E-state index contributed by atoms with van der Waals surface area (Å²) in [4.78, 5) is 76.7. The van der Waals surface area contributed by atoms with Gasteiger partial charge in [-0.05, 0) is 38.8 Å². The highest BCUT2D eigenvalue weighted by Crippen LogP contribution is 2.46. The largest absolute Gasteiger partial charge is 0.452 e. The molecule has 4 aromatic rings. The van der Waals surface area contributed by atoms with Gasteiger partial charge in [0.25, 0.3) is 5.91 Å². The molecule has 2 saturated heterocycles. The number of ether oxygens (including phenoxy) is 2. The standard InChI is InChI=1S/C37H40N8O8S4/c1-22(15-38-34(50)52-36(2,3)4)53-44-26(25-16-54-33(41-25)39-20-46)29(47)42-27-30(48)45-17-37(18-55-31(27)45,19-56-35-43-40-21-57-35)32(49)51-28(23-11-7-5-8-12-23)24-13-9-6-10-14-24/h5-14,16,20-22,27-28,31H,15,17-19H2,1-4H3,(H,38,50)(H,42,47)(H,39,41,46)/t22?,27?,31-,37?/m1/s1. The minimum atomic E-state index is -1.13. The van der Waals surface area contributed by atoms with Crippen LogP contribution >= 0.6 is 46.2 Å². The summed E-state index contributed by atoms with van der Waals surface area (Å²) in [7, 11) is 0. The van der Waals surface area contributed by atoms with Crippen molar-refractivity contribution in [2.45, 2.75) is 61.3 Å². The van der Waals surface area contributed by atoms with Crippen LogP contribution in [0.15, 0.2) is 81.0 Å². The monoisotopic (exact) mass is 852 g/mol. The molecule has 0 saturated carbocycles. The summed E-state index contributed by atoms with van der Waals surface area (Å²) in [6.45, 7) is 6.90. The van der Waals surface area contributed by atoms with Gasteiger partial charge in [-0.1, -0.05) is 88.9 Å². The van der Waals surface area contributed by atoms with Crippen molar-refractivity contribution in [1.29, 1.82) is 0 Å². The Hall–Kier alpha value is -5.05. The molecule has 4 amide bonds. The van der Waals surface area contributed by atoms with Crippen molar-refractivity contribution >= 4 is 87.3 Å². The molecule has 0 radical (unpaired) electrons. The van der Waals surface area contributed by atoms with E-state index in [9.17, 15) is 24.0 Å². The number of oxime groups is 1. The maximum Gasteiger partial charge on any atom is 0.407 e. The van der Waals surface area contributed by atoms with Gasteiger partial charge in [-0.2, -0.15) is 0 Å². The van der Waals surface area contributed by atoms with Gasteiger partial charge in [0.15, 0.2) is 21.3 Å². The molecule has 4 atom stereocenters. The molecule has 300 valence electrons. The number of thioether (sulfide) groups is 2. The molecule has 2 aliphatic rings. The molecule has 3 unspecified atom stereocenters. The summed E-state index contributed by atoms with van der Waals surface area (Å²) in [5.74, 6) is -1.05. The van der Waals surface area contributed by atoms with Crippen molar-refractivity contribution in [3.05, 3.63) is 88.4 Å². The van der Waals surface area contributed by atoms with E-state index in [1.807, 2.05) is 60.7 Å². The van der Waals surface area contributed by atoms with Gasteiger partial charge >= 0.3 is 12.1 Å². The van der Waals surface area contributed by atoms with Crippen LogP contribution in [0.4, 0.5) is 9.93 Å². The Kier molecular flexibility index (Phi) is 13.5. The third-order valence-electron chi connectivity index (χ3n) is 8.51.